The number of hydrogen-bond acceptors (Lipinski definition) is 9. The molecule has 3 amide bonds. The molecular weight excluding hydrogens is 685 g/mol. The van der Waals surface area contributed by atoms with Gasteiger partial charge in [-0.2, -0.15) is 5.10 Å². The summed E-state index contributed by atoms with van der Waals surface area (Å²) in [6, 6.07) is 7.55. The van der Waals surface area contributed by atoms with Gasteiger partial charge >= 0.3 is 0 Å². The number of carbonyl (C=O) groups is 3. The Hall–Kier alpha value is -4.46. The maximum absolute atomic E-state index is 14.3. The molecule has 4 aliphatic rings. The zero-order chi connectivity index (χ0) is 36.9. The highest BCUT2D eigenvalue weighted by atomic mass is 32.2. The number of nitrogens with one attached hydrogen (secondary N) is 2. The molecule has 3 aromatic rings. The Morgan fingerprint density at radius 1 is 1.10 bits per heavy atom. The van der Waals surface area contributed by atoms with Crippen LogP contribution < -0.4 is 19.5 Å². The Morgan fingerprint density at radius 3 is 2.58 bits per heavy atom. The van der Waals surface area contributed by atoms with Crippen LogP contribution in [0.1, 0.15) is 82.4 Å². The van der Waals surface area contributed by atoms with Crippen molar-refractivity contribution in [3.63, 3.8) is 0 Å². The first-order valence-electron chi connectivity index (χ1n) is 18.3. The summed E-state index contributed by atoms with van der Waals surface area (Å²) in [5.41, 5.74) is 1.03. The predicted octanol–water partition coefficient (Wildman–Crippen LogP) is 4.32. The van der Waals surface area contributed by atoms with Crippen LogP contribution in [-0.2, 0) is 24.4 Å². The third-order valence-corrected chi connectivity index (χ3v) is 12.9. The van der Waals surface area contributed by atoms with E-state index < -0.39 is 50.6 Å². The lowest BCUT2D eigenvalue weighted by molar-refractivity contribution is -0.140. The second kappa shape index (κ2) is 13.8. The molecule has 278 valence electrons. The van der Waals surface area contributed by atoms with Gasteiger partial charge in [0.05, 0.1) is 35.4 Å². The van der Waals surface area contributed by atoms with Crippen molar-refractivity contribution in [1.82, 2.24) is 29.7 Å². The normalized spacial score (nSPS) is 27.4. The highest BCUT2D eigenvalue weighted by molar-refractivity contribution is 7.91. The Kier molecular flexibility index (Phi) is 9.55. The number of amides is 3. The monoisotopic (exact) mass is 732 g/mol. The highest BCUT2D eigenvalue weighted by Crippen LogP contribution is 2.47. The molecule has 5 atom stereocenters. The Labute approximate surface area is 304 Å². The van der Waals surface area contributed by atoms with Crippen LogP contribution in [0.25, 0.3) is 16.7 Å². The highest BCUT2D eigenvalue weighted by Gasteiger charge is 2.62. The van der Waals surface area contributed by atoms with Gasteiger partial charge in [0.25, 0.3) is 5.91 Å². The fourth-order valence-corrected chi connectivity index (χ4v) is 9.01. The molecule has 3 fully saturated rings. The van der Waals surface area contributed by atoms with Gasteiger partial charge in [-0.1, -0.05) is 26.0 Å². The summed E-state index contributed by atoms with van der Waals surface area (Å²) in [7, 11) is -0.458. The molecule has 3 aliphatic carbocycles. The number of carbonyl (C=O) groups excluding carboxylic acids is 3. The van der Waals surface area contributed by atoms with Crippen LogP contribution in [-0.4, -0.2) is 83.4 Å². The number of sulfonamides is 1. The molecule has 7 rings (SSSR count). The third-order valence-electron chi connectivity index (χ3n) is 11.1. The maximum Gasteiger partial charge on any atom is 0.259 e. The van der Waals surface area contributed by atoms with Gasteiger partial charge < -0.3 is 19.7 Å². The first-order valence-corrected chi connectivity index (χ1v) is 19.9. The summed E-state index contributed by atoms with van der Waals surface area (Å²) >= 11 is 0. The van der Waals surface area contributed by atoms with E-state index in [0.29, 0.717) is 42.2 Å². The van der Waals surface area contributed by atoms with Crippen molar-refractivity contribution in [3.05, 3.63) is 53.9 Å². The summed E-state index contributed by atoms with van der Waals surface area (Å²) < 4.78 is 41.9. The quantitative estimate of drug-likeness (QED) is 0.322. The largest absolute Gasteiger partial charge is 0.496 e. The Morgan fingerprint density at radius 2 is 1.87 bits per heavy atom. The standard InChI is InChI=1S/C38H48N6O7S/c1-22(2)30-15-17-44(41-30)33-20-32(27-13-14-31(50-5)23(3)34(27)39-33)51-25-18-28-29(19-25)36(46)43(4)16-9-7-6-8-10-24-21-38(24,40-35(28)45)37(47)42-52(48,49)26-11-12-26/h8,10,13-15,17,20,22,24-26,28-29H,6-7,9,11-12,16,18-19,21H2,1-5H3,(H,40,45)(H,42,47)/b10-8-. The van der Waals surface area contributed by atoms with Crippen molar-refractivity contribution in [2.24, 2.45) is 17.8 Å². The van der Waals surface area contributed by atoms with Crippen molar-refractivity contribution in [1.29, 1.82) is 0 Å². The smallest absolute Gasteiger partial charge is 0.259 e. The van der Waals surface area contributed by atoms with Crippen molar-refractivity contribution in [2.75, 3.05) is 20.7 Å². The van der Waals surface area contributed by atoms with E-state index in [0.717, 1.165) is 35.9 Å². The molecule has 0 saturated heterocycles. The van der Waals surface area contributed by atoms with Gasteiger partial charge in [-0.05, 0) is 82.4 Å². The number of hydrogen-bond donors (Lipinski definition) is 2. The zero-order valence-electron chi connectivity index (χ0n) is 30.4. The van der Waals surface area contributed by atoms with Gasteiger partial charge in [0.15, 0.2) is 5.82 Å². The van der Waals surface area contributed by atoms with Crippen LogP contribution in [0.4, 0.5) is 0 Å². The predicted molar refractivity (Wildman–Crippen MR) is 195 cm³/mol. The van der Waals surface area contributed by atoms with Gasteiger partial charge in [-0.15, -0.1) is 0 Å². The summed E-state index contributed by atoms with van der Waals surface area (Å²) in [5.74, 6) is -1.18. The van der Waals surface area contributed by atoms with Crippen LogP contribution in [0, 0.1) is 24.7 Å². The molecule has 2 N–H and O–H groups in total. The Balaban J connectivity index is 1.21. The van der Waals surface area contributed by atoms with Crippen LogP contribution in [0.3, 0.4) is 0 Å². The fraction of sp³-hybridized carbons (Fsp3) is 0.553. The molecule has 13 nitrogen and oxygen atoms in total. The van der Waals surface area contributed by atoms with Crippen LogP contribution >= 0.6 is 0 Å². The number of nitrogens with zero attached hydrogens (tertiary/aromatic N) is 4. The lowest BCUT2D eigenvalue weighted by atomic mass is 9.93. The molecule has 1 aliphatic heterocycles. The van der Waals surface area contributed by atoms with E-state index in [1.165, 1.54) is 0 Å². The number of allylic oxidation sites excluding steroid dienone is 1. The number of fused-ring (bicyclic) bond motifs is 3. The van der Waals surface area contributed by atoms with Crippen LogP contribution in [0.15, 0.2) is 42.6 Å². The topological polar surface area (TPSA) is 162 Å². The van der Waals surface area contributed by atoms with Gasteiger partial charge in [-0.25, -0.2) is 18.1 Å². The number of ether oxygens (including phenoxy) is 2. The van der Waals surface area contributed by atoms with Crippen molar-refractivity contribution in [2.45, 2.75) is 94.9 Å². The first-order chi connectivity index (χ1) is 24.8. The van der Waals surface area contributed by atoms with Gasteiger partial charge in [0.1, 0.15) is 23.1 Å². The SMILES string of the molecule is COc1ccc2c(OC3CC4C(=O)NC5(C(=O)NS(=O)(=O)C6CC6)CC5/C=C\CCCCN(C)C(=O)C4C3)cc(-n3ccc(C(C)C)n3)nc2c1C. The lowest BCUT2D eigenvalue weighted by Crippen LogP contribution is -2.54. The van der Waals surface area contributed by atoms with E-state index in [-0.39, 0.29) is 37.0 Å². The summed E-state index contributed by atoms with van der Waals surface area (Å²) in [6.07, 6.45) is 9.42. The molecule has 0 radical (unpaired) electrons. The number of pyridine rings is 1. The summed E-state index contributed by atoms with van der Waals surface area (Å²) in [6.45, 7) is 6.64. The van der Waals surface area contributed by atoms with Crippen LogP contribution in [0.2, 0.25) is 0 Å². The first kappa shape index (κ1) is 35.9. The number of aryl methyl sites for hydroxylation is 1. The fourth-order valence-electron chi connectivity index (χ4n) is 7.65. The molecule has 1 aromatic carbocycles. The molecule has 2 aromatic heterocycles. The van der Waals surface area contributed by atoms with E-state index in [4.69, 9.17) is 19.6 Å². The Bertz CT molecular complexity index is 2040. The number of benzene rings is 1. The molecule has 52 heavy (non-hydrogen) atoms. The second-order valence-corrected chi connectivity index (χ2v) is 17.1. The second-order valence-electron chi connectivity index (χ2n) is 15.2. The van der Waals surface area contributed by atoms with Crippen molar-refractivity contribution < 1.29 is 32.3 Å². The molecule has 0 spiro atoms. The molecule has 14 heteroatoms. The minimum atomic E-state index is -3.83. The van der Waals surface area contributed by atoms with Gasteiger partial charge in [0.2, 0.25) is 21.8 Å². The zero-order valence-corrected chi connectivity index (χ0v) is 31.2. The van der Waals surface area contributed by atoms with Crippen molar-refractivity contribution >= 4 is 38.6 Å². The maximum atomic E-state index is 14.3. The van der Waals surface area contributed by atoms with E-state index in [1.54, 1.807) is 23.7 Å². The average Bonchev–Trinajstić information content (AvgIpc) is 3.98. The van der Waals surface area contributed by atoms with E-state index in [1.807, 2.05) is 49.5 Å². The van der Waals surface area contributed by atoms with Gasteiger partial charge in [-0.3, -0.25) is 19.1 Å². The van der Waals surface area contributed by atoms with E-state index >= 15 is 0 Å². The number of methoxy groups -OCH3 is 1. The minimum absolute atomic E-state index is 0.153. The molecule has 5 unspecified atom stereocenters. The molecule has 0 bridgehead atoms. The summed E-state index contributed by atoms with van der Waals surface area (Å²) in [4.78, 5) is 48.6. The van der Waals surface area contributed by atoms with Gasteiger partial charge in [0, 0.05) is 42.7 Å². The third kappa shape index (κ3) is 6.89. The average molecular weight is 733 g/mol. The number of rotatable bonds is 8. The van der Waals surface area contributed by atoms with Crippen LogP contribution in [0.5, 0.6) is 11.5 Å². The molecular formula is C38H48N6O7S. The van der Waals surface area contributed by atoms with E-state index in [9.17, 15) is 22.8 Å². The lowest BCUT2D eigenvalue weighted by Gasteiger charge is -2.26. The van der Waals surface area contributed by atoms with Crippen molar-refractivity contribution in [3.8, 4) is 17.3 Å². The molecule has 3 heterocycles. The number of aromatic nitrogens is 3. The molecule has 3 saturated carbocycles. The minimum Gasteiger partial charge on any atom is -0.496 e. The summed E-state index contributed by atoms with van der Waals surface area (Å²) in [5, 5.41) is 7.87. The van der Waals surface area contributed by atoms with E-state index in [2.05, 4.69) is 23.9 Å².